The lowest BCUT2D eigenvalue weighted by Gasteiger charge is -2.48. The van der Waals surface area contributed by atoms with E-state index in [0.717, 1.165) is 48.5 Å². The molecule has 2 aliphatic heterocycles. The van der Waals surface area contributed by atoms with Gasteiger partial charge in [0, 0.05) is 59.9 Å². The van der Waals surface area contributed by atoms with Crippen LogP contribution in [0.1, 0.15) is 54.0 Å². The molecule has 0 radical (unpaired) electrons. The van der Waals surface area contributed by atoms with Gasteiger partial charge in [0.1, 0.15) is 37.3 Å². The second-order valence-corrected chi connectivity index (χ2v) is 14.9. The zero-order valence-electron chi connectivity index (χ0n) is 33.6. The van der Waals surface area contributed by atoms with Crippen molar-refractivity contribution in [1.29, 1.82) is 0 Å². The van der Waals surface area contributed by atoms with Crippen molar-refractivity contribution in [2.45, 2.75) is 116 Å². The maximum Gasteiger partial charge on any atom is 0.336 e. The molecule has 2 aromatic rings. The molecular formula is C36H40F2O23S. The van der Waals surface area contributed by atoms with E-state index in [0.29, 0.717) is 12.1 Å². The molecule has 1 N–H and O–H groups in total. The molecule has 23 nitrogen and oxygen atoms in total. The fraction of sp³-hybridized carbons (Fsp3) is 0.556. The molecule has 3 heterocycles. The predicted molar refractivity (Wildman–Crippen MR) is 192 cm³/mol. The maximum atomic E-state index is 16.1. The van der Waals surface area contributed by atoms with Gasteiger partial charge < -0.3 is 56.5 Å². The Labute approximate surface area is 348 Å². The average molecular weight is 911 g/mol. The molecule has 0 bridgehead atoms. The standard InChI is InChI=1S/C36H40F2O23S/c1-13(39)50-10-23-29(52-15(3)41)31(53-16(4)42)33(55-18(6)44)36(57-23)61-30-24(11-51-14(2)40)58-35(34(56-19(7)45)32(30)54-17(5)43)60-28-22(37)9-21-20(12-62(47,48)49)8-25(46)59-27(21)26(28)38/h8-9,23-24,29-36H,10-12H2,1-7H3,(H,47,48,49)/t23?,24?,29-,30-,31?,32?,33+,34+,35+,36+/m1/s1. The van der Waals surface area contributed by atoms with Crippen LogP contribution in [0.3, 0.4) is 0 Å². The zero-order chi connectivity index (χ0) is 46.4. The molecule has 2 saturated heterocycles. The largest absolute Gasteiger partial charge is 0.463 e. The molecular weight excluding hydrogens is 870 g/mol. The van der Waals surface area contributed by atoms with Gasteiger partial charge in [0.2, 0.25) is 18.2 Å². The number of hydrogen-bond acceptors (Lipinski definition) is 22. The third-order valence-electron chi connectivity index (χ3n) is 8.43. The number of rotatable bonds is 15. The third kappa shape index (κ3) is 12.8. The van der Waals surface area contributed by atoms with Crippen LogP contribution in [-0.2, 0) is 96.8 Å². The van der Waals surface area contributed by atoms with Gasteiger partial charge in [-0.15, -0.1) is 0 Å². The van der Waals surface area contributed by atoms with Crippen molar-refractivity contribution in [3.05, 3.63) is 39.8 Å². The summed E-state index contributed by atoms with van der Waals surface area (Å²) in [7, 11) is -4.86. The van der Waals surface area contributed by atoms with E-state index in [9.17, 15) is 51.3 Å². The van der Waals surface area contributed by atoms with Gasteiger partial charge in [-0.3, -0.25) is 38.1 Å². The Kier molecular flexibility index (Phi) is 16.0. The molecule has 342 valence electrons. The molecule has 1 aromatic heterocycles. The SMILES string of the molecule is CC(=O)OCC1O[C@@H](O[C@@H]2C(COC(C)=O)O[C@@H](Oc3c(F)cc4c(CS(=O)(=O)O)cc(=O)oc4c3F)[C@@H](OC(C)=O)C2OC(C)=O)[C@@H](OC(C)=O)C(OC(C)=O)[C@@H]1OC(C)=O. The fourth-order valence-corrected chi connectivity index (χ4v) is 7.01. The highest BCUT2D eigenvalue weighted by atomic mass is 32.2. The first kappa shape index (κ1) is 48.8. The second kappa shape index (κ2) is 20.4. The topological polar surface area (TPSA) is 306 Å². The van der Waals surface area contributed by atoms with Crippen molar-refractivity contribution in [1.82, 2.24) is 0 Å². The molecule has 0 saturated carbocycles. The minimum atomic E-state index is -4.86. The van der Waals surface area contributed by atoms with Crippen molar-refractivity contribution in [3.8, 4) is 5.75 Å². The Bertz CT molecular complexity index is 2240. The summed E-state index contributed by atoms with van der Waals surface area (Å²) in [5.41, 5.74) is -2.98. The lowest BCUT2D eigenvalue weighted by Crippen LogP contribution is -2.67. The van der Waals surface area contributed by atoms with E-state index in [-0.39, 0.29) is 0 Å². The zero-order valence-corrected chi connectivity index (χ0v) is 34.5. The van der Waals surface area contributed by atoms with Crippen LogP contribution in [0, 0.1) is 11.6 Å². The number of benzene rings is 1. The predicted octanol–water partition coefficient (Wildman–Crippen LogP) is 0.458. The van der Waals surface area contributed by atoms with Crippen LogP contribution < -0.4 is 10.4 Å². The van der Waals surface area contributed by atoms with Crippen molar-refractivity contribution < 1.29 is 112 Å². The summed E-state index contributed by atoms with van der Waals surface area (Å²) >= 11 is 0. The molecule has 62 heavy (non-hydrogen) atoms. The van der Waals surface area contributed by atoms with E-state index in [1.54, 1.807) is 0 Å². The highest BCUT2D eigenvalue weighted by Crippen LogP contribution is 2.38. The summed E-state index contributed by atoms with van der Waals surface area (Å²) in [6.45, 7) is 4.95. The Morgan fingerprint density at radius 3 is 1.55 bits per heavy atom. The molecule has 26 heteroatoms. The summed E-state index contributed by atoms with van der Waals surface area (Å²) in [6, 6.07) is 1.04. The van der Waals surface area contributed by atoms with E-state index in [1.807, 2.05) is 0 Å². The summed E-state index contributed by atoms with van der Waals surface area (Å²) in [6.07, 6.45) is -19.1. The lowest BCUT2D eigenvalue weighted by atomic mass is 9.96. The molecule has 0 amide bonds. The molecule has 2 fully saturated rings. The first-order valence-electron chi connectivity index (χ1n) is 18.0. The Balaban J connectivity index is 1.89. The molecule has 2 aliphatic rings. The Hall–Kier alpha value is -5.83. The molecule has 4 rings (SSSR count). The maximum absolute atomic E-state index is 16.1. The van der Waals surface area contributed by atoms with Gasteiger partial charge in [0.15, 0.2) is 47.9 Å². The third-order valence-corrected chi connectivity index (χ3v) is 9.11. The van der Waals surface area contributed by atoms with Crippen molar-refractivity contribution in [2.24, 2.45) is 0 Å². The number of ether oxygens (including phenoxy) is 11. The van der Waals surface area contributed by atoms with Gasteiger partial charge in [0.25, 0.3) is 10.1 Å². The number of carbonyl (C=O) groups is 7. The molecule has 0 aliphatic carbocycles. The van der Waals surface area contributed by atoms with Crippen molar-refractivity contribution in [3.63, 3.8) is 0 Å². The molecule has 4 unspecified atom stereocenters. The normalized spacial score (nSPS) is 26.0. The summed E-state index contributed by atoms with van der Waals surface area (Å²) in [5, 5.41) is -0.630. The molecule has 0 spiro atoms. The van der Waals surface area contributed by atoms with Crippen LogP contribution in [0.4, 0.5) is 8.78 Å². The summed E-state index contributed by atoms with van der Waals surface area (Å²) in [4.78, 5) is 98.6. The minimum Gasteiger partial charge on any atom is -0.463 e. The molecule has 1 aromatic carbocycles. The van der Waals surface area contributed by atoms with E-state index in [2.05, 4.69) is 0 Å². The number of carbonyl (C=O) groups excluding carboxylic acids is 7. The quantitative estimate of drug-likeness (QED) is 0.110. The van der Waals surface area contributed by atoms with Gasteiger partial charge in [-0.1, -0.05) is 0 Å². The minimum absolute atomic E-state index is 0.483. The summed E-state index contributed by atoms with van der Waals surface area (Å²) < 4.78 is 130. The second-order valence-electron chi connectivity index (χ2n) is 13.5. The number of fused-ring (bicyclic) bond motifs is 1. The van der Waals surface area contributed by atoms with Crippen molar-refractivity contribution in [2.75, 3.05) is 13.2 Å². The van der Waals surface area contributed by atoms with Gasteiger partial charge in [-0.05, 0) is 11.6 Å². The van der Waals surface area contributed by atoms with E-state index < -0.39 is 172 Å². The van der Waals surface area contributed by atoms with Crippen LogP contribution in [0.5, 0.6) is 5.75 Å². The van der Waals surface area contributed by atoms with Gasteiger partial charge in [-0.2, -0.15) is 12.8 Å². The number of esters is 7. The lowest BCUT2D eigenvalue weighted by molar-refractivity contribution is -0.354. The monoisotopic (exact) mass is 910 g/mol. The van der Waals surface area contributed by atoms with Crippen LogP contribution in [0.25, 0.3) is 11.0 Å². The summed E-state index contributed by atoms with van der Waals surface area (Å²) in [5.74, 6) is -13.2. The van der Waals surface area contributed by atoms with Crippen LogP contribution in [0.15, 0.2) is 21.3 Å². The molecule has 10 atom stereocenters. The van der Waals surface area contributed by atoms with Gasteiger partial charge in [0.05, 0.1) is 0 Å². The highest BCUT2D eigenvalue weighted by Gasteiger charge is 2.58. The van der Waals surface area contributed by atoms with E-state index >= 15 is 8.78 Å². The Morgan fingerprint density at radius 1 is 0.629 bits per heavy atom. The number of halogens is 2. The first-order valence-corrected chi connectivity index (χ1v) is 19.6. The van der Waals surface area contributed by atoms with Crippen molar-refractivity contribution >= 4 is 62.9 Å². The highest BCUT2D eigenvalue weighted by molar-refractivity contribution is 7.85. The fourth-order valence-electron chi connectivity index (χ4n) is 6.38. The van der Waals surface area contributed by atoms with Crippen LogP contribution >= 0.6 is 0 Å². The van der Waals surface area contributed by atoms with Crippen LogP contribution in [0.2, 0.25) is 0 Å². The van der Waals surface area contributed by atoms with E-state index in [4.69, 9.17) is 56.5 Å². The van der Waals surface area contributed by atoms with Crippen LogP contribution in [-0.4, -0.2) is 129 Å². The van der Waals surface area contributed by atoms with Gasteiger partial charge >= 0.3 is 47.4 Å². The first-order chi connectivity index (χ1) is 28.8. The smallest absolute Gasteiger partial charge is 0.336 e. The number of hydrogen-bond donors (Lipinski definition) is 1. The van der Waals surface area contributed by atoms with E-state index in [1.165, 1.54) is 0 Å². The van der Waals surface area contributed by atoms with Gasteiger partial charge in [-0.25, -0.2) is 9.18 Å². The average Bonchev–Trinajstić information content (AvgIpc) is 3.11. The Morgan fingerprint density at radius 2 is 1.06 bits per heavy atom.